The molecule has 8 nitrogen and oxygen atoms in total. The number of ether oxygens (including phenoxy) is 1. The standard InChI is InChI=1S/C24H38N4O4Si/c1-16-9-10-17(2)28(16)21-13-19(31-8)18(14-25-21)26-11-12-27(22(29)30)20(15-26)24(6,7)32-33-23(3,4)5/h9-10,13-14,20H,11-12,15,33H2,1-8H3,(H,29,30)/t20-/m0/s1. The highest BCUT2D eigenvalue weighted by molar-refractivity contribution is 6.31. The molecule has 9 heteroatoms. The van der Waals surface area contributed by atoms with Crippen LogP contribution in [0.1, 0.15) is 46.0 Å². The lowest BCUT2D eigenvalue weighted by atomic mass is 9.95. The van der Waals surface area contributed by atoms with Gasteiger partial charge >= 0.3 is 6.09 Å². The van der Waals surface area contributed by atoms with E-state index < -0.39 is 21.5 Å². The third-order valence-corrected chi connectivity index (χ3v) is 7.95. The SMILES string of the molecule is COc1cc(-n2c(C)ccc2C)ncc1N1CCN(C(=O)O)[C@H](C(C)(C)O[SiH2]C(C)(C)C)C1. The summed E-state index contributed by atoms with van der Waals surface area (Å²) in [5.74, 6) is 1.52. The van der Waals surface area contributed by atoms with Crippen LogP contribution in [0.3, 0.4) is 0 Å². The molecule has 0 aliphatic carbocycles. The van der Waals surface area contributed by atoms with Crippen LogP contribution in [0.2, 0.25) is 5.04 Å². The highest BCUT2D eigenvalue weighted by Gasteiger charge is 2.42. The third kappa shape index (κ3) is 5.52. The van der Waals surface area contributed by atoms with Gasteiger partial charge in [0.2, 0.25) is 0 Å². The van der Waals surface area contributed by atoms with Crippen LogP contribution in [-0.2, 0) is 4.43 Å². The number of amides is 1. The second-order valence-electron chi connectivity index (χ2n) is 10.6. The number of methoxy groups -OCH3 is 1. The van der Waals surface area contributed by atoms with E-state index in [2.05, 4.69) is 42.4 Å². The molecular formula is C24H38N4O4Si. The molecule has 3 heterocycles. The Morgan fingerprint density at radius 3 is 2.33 bits per heavy atom. The molecule has 1 aliphatic heterocycles. The number of aryl methyl sites for hydroxylation is 2. The van der Waals surface area contributed by atoms with Crippen molar-refractivity contribution in [3.05, 3.63) is 35.8 Å². The van der Waals surface area contributed by atoms with Crippen LogP contribution in [-0.4, -0.2) is 73.8 Å². The third-order valence-electron chi connectivity index (χ3n) is 6.20. The van der Waals surface area contributed by atoms with E-state index in [-0.39, 0.29) is 11.1 Å². The van der Waals surface area contributed by atoms with Gasteiger partial charge in [-0.2, -0.15) is 0 Å². The van der Waals surface area contributed by atoms with Crippen LogP contribution in [0.5, 0.6) is 5.75 Å². The second kappa shape index (κ2) is 9.38. The molecule has 1 amide bonds. The summed E-state index contributed by atoms with van der Waals surface area (Å²) in [5, 5.41) is 10.00. The average molecular weight is 475 g/mol. The molecule has 0 bridgehead atoms. The Labute approximate surface area is 199 Å². The summed E-state index contributed by atoms with van der Waals surface area (Å²) >= 11 is 0. The van der Waals surface area contributed by atoms with Crippen molar-refractivity contribution in [2.45, 2.75) is 65.1 Å². The van der Waals surface area contributed by atoms with E-state index in [1.54, 1.807) is 7.11 Å². The predicted molar refractivity (Wildman–Crippen MR) is 134 cm³/mol. The quantitative estimate of drug-likeness (QED) is 0.642. The molecule has 1 atom stereocenters. The lowest BCUT2D eigenvalue weighted by Crippen LogP contribution is -2.63. The smallest absolute Gasteiger partial charge is 0.407 e. The van der Waals surface area contributed by atoms with E-state index in [0.29, 0.717) is 19.6 Å². The summed E-state index contributed by atoms with van der Waals surface area (Å²) in [7, 11) is 0.803. The first-order valence-corrected chi connectivity index (χ1v) is 12.7. The number of nitrogens with zero attached hydrogens (tertiary/aromatic N) is 4. The van der Waals surface area contributed by atoms with Crippen molar-refractivity contribution in [1.82, 2.24) is 14.5 Å². The Morgan fingerprint density at radius 1 is 1.15 bits per heavy atom. The second-order valence-corrected chi connectivity index (χ2v) is 13.3. The fourth-order valence-electron chi connectivity index (χ4n) is 4.30. The summed E-state index contributed by atoms with van der Waals surface area (Å²) < 4.78 is 14.2. The summed E-state index contributed by atoms with van der Waals surface area (Å²) in [5.41, 5.74) is 2.47. The highest BCUT2D eigenvalue weighted by Crippen LogP contribution is 2.34. The average Bonchev–Trinajstić information content (AvgIpc) is 3.09. The van der Waals surface area contributed by atoms with Crippen LogP contribution in [0, 0.1) is 13.8 Å². The molecule has 1 N–H and O–H groups in total. The molecule has 1 fully saturated rings. The largest absolute Gasteiger partial charge is 0.494 e. The number of pyridine rings is 1. The maximum atomic E-state index is 12.0. The van der Waals surface area contributed by atoms with Crippen molar-refractivity contribution >= 4 is 21.5 Å². The van der Waals surface area contributed by atoms with Gasteiger partial charge in [0, 0.05) is 37.1 Å². The van der Waals surface area contributed by atoms with Crippen molar-refractivity contribution in [3.8, 4) is 11.6 Å². The molecule has 3 rings (SSSR count). The summed E-state index contributed by atoms with van der Waals surface area (Å²) in [4.78, 5) is 20.5. The number of hydrogen-bond acceptors (Lipinski definition) is 5. The first-order chi connectivity index (χ1) is 15.3. The van der Waals surface area contributed by atoms with Gasteiger partial charge in [0.25, 0.3) is 0 Å². The molecule has 0 radical (unpaired) electrons. The lowest BCUT2D eigenvalue weighted by molar-refractivity contribution is 0.000753. The number of anilines is 1. The van der Waals surface area contributed by atoms with Gasteiger partial charge in [0.15, 0.2) is 9.76 Å². The highest BCUT2D eigenvalue weighted by atomic mass is 28.2. The molecule has 2 aromatic rings. The van der Waals surface area contributed by atoms with E-state index in [4.69, 9.17) is 14.1 Å². The minimum atomic E-state index is -0.909. The van der Waals surface area contributed by atoms with Gasteiger partial charge in [0.1, 0.15) is 11.6 Å². The minimum Gasteiger partial charge on any atom is -0.494 e. The molecule has 1 aliphatic rings. The zero-order valence-electron chi connectivity index (χ0n) is 21.2. The predicted octanol–water partition coefficient (Wildman–Crippen LogP) is 3.76. The number of aromatic nitrogens is 2. The van der Waals surface area contributed by atoms with Crippen LogP contribution in [0.4, 0.5) is 10.5 Å². The first-order valence-electron chi connectivity index (χ1n) is 11.4. The molecule has 33 heavy (non-hydrogen) atoms. The van der Waals surface area contributed by atoms with Crippen molar-refractivity contribution in [1.29, 1.82) is 0 Å². The zero-order valence-corrected chi connectivity index (χ0v) is 22.6. The normalized spacial score (nSPS) is 17.8. The Morgan fingerprint density at radius 2 is 1.79 bits per heavy atom. The number of carboxylic acid groups (broad SMARTS) is 1. The fraction of sp³-hybridized carbons (Fsp3) is 0.583. The zero-order chi connectivity index (χ0) is 24.6. The van der Waals surface area contributed by atoms with Crippen LogP contribution < -0.4 is 9.64 Å². The molecule has 0 spiro atoms. The Bertz CT molecular complexity index is 979. The number of piperazine rings is 1. The van der Waals surface area contributed by atoms with Crippen molar-refractivity contribution in [2.75, 3.05) is 31.6 Å². The number of hydrogen-bond donors (Lipinski definition) is 1. The van der Waals surface area contributed by atoms with Gasteiger partial charge in [-0.1, -0.05) is 20.8 Å². The molecular weight excluding hydrogens is 436 g/mol. The summed E-state index contributed by atoms with van der Waals surface area (Å²) in [6.45, 7) is 16.1. The Balaban J connectivity index is 1.91. The van der Waals surface area contributed by atoms with Gasteiger partial charge in [0.05, 0.1) is 30.6 Å². The first kappa shape index (κ1) is 25.1. The Hall–Kier alpha value is -2.52. The monoisotopic (exact) mass is 474 g/mol. The maximum Gasteiger partial charge on any atom is 0.407 e. The van der Waals surface area contributed by atoms with E-state index in [1.807, 2.05) is 40.0 Å². The summed E-state index contributed by atoms with van der Waals surface area (Å²) in [6, 6.07) is 5.77. The molecule has 0 unspecified atom stereocenters. The van der Waals surface area contributed by atoms with Gasteiger partial charge < -0.3 is 23.7 Å². The van der Waals surface area contributed by atoms with Gasteiger partial charge in [-0.05, 0) is 44.9 Å². The molecule has 1 saturated heterocycles. The van der Waals surface area contributed by atoms with E-state index in [9.17, 15) is 9.90 Å². The van der Waals surface area contributed by atoms with Crippen molar-refractivity contribution in [3.63, 3.8) is 0 Å². The van der Waals surface area contributed by atoms with Crippen LogP contribution in [0.15, 0.2) is 24.4 Å². The van der Waals surface area contributed by atoms with Crippen LogP contribution in [0.25, 0.3) is 5.82 Å². The maximum absolute atomic E-state index is 12.0. The minimum absolute atomic E-state index is 0.122. The number of carbonyl (C=O) groups is 1. The van der Waals surface area contributed by atoms with E-state index >= 15 is 0 Å². The lowest BCUT2D eigenvalue weighted by Gasteiger charge is -2.48. The molecule has 2 aromatic heterocycles. The fourth-order valence-corrected chi connectivity index (χ4v) is 5.29. The molecule has 0 saturated carbocycles. The molecule has 182 valence electrons. The van der Waals surface area contributed by atoms with Gasteiger partial charge in [-0.25, -0.2) is 9.78 Å². The van der Waals surface area contributed by atoms with Crippen molar-refractivity contribution < 1.29 is 19.1 Å². The van der Waals surface area contributed by atoms with E-state index in [1.165, 1.54) is 4.90 Å². The van der Waals surface area contributed by atoms with Crippen LogP contribution >= 0.6 is 0 Å². The van der Waals surface area contributed by atoms with Gasteiger partial charge in [-0.3, -0.25) is 4.90 Å². The van der Waals surface area contributed by atoms with Crippen molar-refractivity contribution in [2.24, 2.45) is 0 Å². The topological polar surface area (TPSA) is 80.1 Å². The summed E-state index contributed by atoms with van der Waals surface area (Å²) in [6.07, 6.45) is 0.922. The molecule has 0 aromatic carbocycles. The Kier molecular flexibility index (Phi) is 7.14. The van der Waals surface area contributed by atoms with E-state index in [0.717, 1.165) is 28.6 Å². The van der Waals surface area contributed by atoms with Gasteiger partial charge in [-0.15, -0.1) is 0 Å². The number of rotatable bonds is 6.